The molecule has 14 rings (SSSR count). The van der Waals surface area contributed by atoms with E-state index in [0.717, 1.165) is 72.9 Å². The summed E-state index contributed by atoms with van der Waals surface area (Å²) in [5.41, 5.74) is 17.4. The molecule has 1 aliphatic rings. The standard InChI is InChI=1S/C65H42N6/c1-5-18-43(19-6-1)63-66-64(44-20-7-2-8-21-44)68-65(67-63)49-22-17-27-52(39-49)71-57-36-34-45(46-35-37-60-55(40-46)53-28-13-15-30-58(53)69(60)50-23-9-3-10-24-50)38-47(57)32-33-48-41-62-56(42-61(48)71)54-29-14-16-31-59(54)70(62)51-25-11-4-12-26-51/h1-42H. The van der Waals surface area contributed by atoms with Gasteiger partial charge in [0.1, 0.15) is 0 Å². The summed E-state index contributed by atoms with van der Waals surface area (Å²) >= 11 is 0. The van der Waals surface area contributed by atoms with Crippen LogP contribution in [-0.2, 0) is 0 Å². The van der Waals surface area contributed by atoms with Crippen molar-refractivity contribution in [1.29, 1.82) is 0 Å². The molecule has 332 valence electrons. The predicted octanol–water partition coefficient (Wildman–Crippen LogP) is 16.7. The maximum absolute atomic E-state index is 5.15. The molecule has 0 unspecified atom stereocenters. The minimum absolute atomic E-state index is 0.605. The van der Waals surface area contributed by atoms with E-state index in [4.69, 9.17) is 15.0 Å². The molecular formula is C65H42N6. The van der Waals surface area contributed by atoms with Crippen LogP contribution in [0.15, 0.2) is 243 Å². The van der Waals surface area contributed by atoms with Gasteiger partial charge >= 0.3 is 0 Å². The fourth-order valence-electron chi connectivity index (χ4n) is 10.6. The lowest BCUT2D eigenvalue weighted by molar-refractivity contribution is 1.07. The highest BCUT2D eigenvalue weighted by Crippen LogP contribution is 2.47. The number of fused-ring (bicyclic) bond motifs is 8. The quantitative estimate of drug-likeness (QED) is 0.160. The van der Waals surface area contributed by atoms with E-state index in [-0.39, 0.29) is 0 Å². The molecule has 0 aliphatic carbocycles. The van der Waals surface area contributed by atoms with Crippen LogP contribution in [0.1, 0.15) is 11.1 Å². The van der Waals surface area contributed by atoms with Crippen LogP contribution in [0, 0.1) is 0 Å². The lowest BCUT2D eigenvalue weighted by Crippen LogP contribution is -2.12. The first-order chi connectivity index (χ1) is 35.2. The first-order valence-electron chi connectivity index (χ1n) is 24.0. The highest BCUT2D eigenvalue weighted by molar-refractivity contribution is 6.13. The Morgan fingerprint density at radius 3 is 1.32 bits per heavy atom. The minimum atomic E-state index is 0.605. The minimum Gasteiger partial charge on any atom is -0.309 e. The number of aromatic nitrogens is 5. The van der Waals surface area contributed by atoms with Gasteiger partial charge in [0, 0.05) is 60.9 Å². The first kappa shape index (κ1) is 40.4. The molecule has 0 atom stereocenters. The fraction of sp³-hybridized carbons (Fsp3) is 0. The van der Waals surface area contributed by atoms with Gasteiger partial charge in [-0.05, 0) is 102 Å². The van der Waals surface area contributed by atoms with Crippen LogP contribution in [-0.4, -0.2) is 24.1 Å². The second-order valence-corrected chi connectivity index (χ2v) is 18.1. The van der Waals surface area contributed by atoms with Gasteiger partial charge in [0.2, 0.25) is 0 Å². The zero-order chi connectivity index (χ0) is 46.8. The number of nitrogens with zero attached hydrogens (tertiary/aromatic N) is 6. The molecule has 0 fully saturated rings. The highest BCUT2D eigenvalue weighted by Gasteiger charge is 2.25. The average Bonchev–Trinajstić information content (AvgIpc) is 3.89. The molecule has 13 aromatic rings. The summed E-state index contributed by atoms with van der Waals surface area (Å²) in [6.45, 7) is 0. The van der Waals surface area contributed by atoms with E-state index in [2.05, 4.69) is 208 Å². The molecule has 0 radical (unpaired) electrons. The Hall–Kier alpha value is -9.65. The third-order valence-electron chi connectivity index (χ3n) is 13.9. The molecule has 6 nitrogen and oxygen atoms in total. The number of hydrogen-bond acceptors (Lipinski definition) is 4. The number of benzene rings is 10. The summed E-state index contributed by atoms with van der Waals surface area (Å²) in [4.78, 5) is 17.7. The molecule has 6 heteroatoms. The Morgan fingerprint density at radius 1 is 0.254 bits per heavy atom. The molecule has 0 saturated heterocycles. The van der Waals surface area contributed by atoms with E-state index in [1.807, 2.05) is 60.7 Å². The van der Waals surface area contributed by atoms with Crippen LogP contribution < -0.4 is 4.90 Å². The molecule has 0 N–H and O–H groups in total. The van der Waals surface area contributed by atoms with E-state index in [1.54, 1.807) is 0 Å². The van der Waals surface area contributed by atoms with Gasteiger partial charge < -0.3 is 14.0 Å². The zero-order valence-corrected chi connectivity index (χ0v) is 38.4. The van der Waals surface area contributed by atoms with Crippen molar-refractivity contribution in [3.05, 3.63) is 254 Å². The van der Waals surface area contributed by atoms with Crippen molar-refractivity contribution in [1.82, 2.24) is 24.1 Å². The Balaban J connectivity index is 0.966. The second-order valence-electron chi connectivity index (χ2n) is 18.1. The molecule has 0 spiro atoms. The molecular weight excluding hydrogens is 865 g/mol. The van der Waals surface area contributed by atoms with Crippen molar-refractivity contribution in [2.24, 2.45) is 0 Å². The number of anilines is 3. The molecule has 4 heterocycles. The first-order valence-corrected chi connectivity index (χ1v) is 24.0. The monoisotopic (exact) mass is 906 g/mol. The molecule has 0 amide bonds. The van der Waals surface area contributed by atoms with Crippen LogP contribution >= 0.6 is 0 Å². The number of rotatable bonds is 7. The van der Waals surface area contributed by atoms with E-state index >= 15 is 0 Å². The van der Waals surface area contributed by atoms with E-state index in [0.29, 0.717) is 17.5 Å². The molecule has 0 saturated carbocycles. The molecule has 1 aliphatic heterocycles. The Bertz CT molecular complexity index is 4150. The van der Waals surface area contributed by atoms with E-state index in [9.17, 15) is 0 Å². The molecule has 0 bridgehead atoms. The SMILES string of the molecule is C1=Cc2cc3c(cc2N(c2cccc(-c4nc(-c5ccccc5)nc(-c5ccccc5)n4)c2)c2ccc(-c4ccc5c(c4)c4ccccc4n5-c4ccccc4)cc21)c1ccccc1n3-c1ccccc1. The van der Waals surface area contributed by atoms with E-state index < -0.39 is 0 Å². The summed E-state index contributed by atoms with van der Waals surface area (Å²) in [6, 6.07) is 86.2. The molecule has 71 heavy (non-hydrogen) atoms. The van der Waals surface area contributed by atoms with Crippen molar-refractivity contribution >= 4 is 72.8 Å². The summed E-state index contributed by atoms with van der Waals surface area (Å²) in [5, 5.41) is 4.83. The Morgan fingerprint density at radius 2 is 0.704 bits per heavy atom. The lowest BCUT2D eigenvalue weighted by Gasteiger charge is -2.28. The van der Waals surface area contributed by atoms with Crippen molar-refractivity contribution in [2.75, 3.05) is 4.90 Å². The van der Waals surface area contributed by atoms with Gasteiger partial charge in [0.05, 0.1) is 33.4 Å². The fourth-order valence-corrected chi connectivity index (χ4v) is 10.6. The highest BCUT2D eigenvalue weighted by atomic mass is 15.2. The summed E-state index contributed by atoms with van der Waals surface area (Å²) in [5.74, 6) is 1.86. The van der Waals surface area contributed by atoms with Gasteiger partial charge in [-0.2, -0.15) is 0 Å². The van der Waals surface area contributed by atoms with Crippen LogP contribution in [0.3, 0.4) is 0 Å². The molecule has 10 aromatic carbocycles. The largest absolute Gasteiger partial charge is 0.309 e. The third kappa shape index (κ3) is 6.84. The van der Waals surface area contributed by atoms with Crippen molar-refractivity contribution in [2.45, 2.75) is 0 Å². The normalized spacial score (nSPS) is 12.1. The van der Waals surface area contributed by atoms with Gasteiger partial charge in [0.25, 0.3) is 0 Å². The summed E-state index contributed by atoms with van der Waals surface area (Å²) < 4.78 is 4.76. The maximum atomic E-state index is 5.15. The van der Waals surface area contributed by atoms with Crippen molar-refractivity contribution in [3.8, 4) is 56.7 Å². The van der Waals surface area contributed by atoms with Gasteiger partial charge in [-0.3, -0.25) is 0 Å². The zero-order valence-electron chi connectivity index (χ0n) is 38.4. The average molecular weight is 907 g/mol. The summed E-state index contributed by atoms with van der Waals surface area (Å²) in [6.07, 6.45) is 4.57. The van der Waals surface area contributed by atoms with Crippen LogP contribution in [0.5, 0.6) is 0 Å². The second kappa shape index (κ2) is 16.5. The molecule has 3 aromatic heterocycles. The smallest absolute Gasteiger partial charge is 0.164 e. The predicted molar refractivity (Wildman–Crippen MR) is 294 cm³/mol. The Labute approximate surface area is 410 Å². The maximum Gasteiger partial charge on any atom is 0.164 e. The van der Waals surface area contributed by atoms with Gasteiger partial charge in [0.15, 0.2) is 17.5 Å². The van der Waals surface area contributed by atoms with E-state index in [1.165, 1.54) is 38.1 Å². The van der Waals surface area contributed by atoms with Crippen LogP contribution in [0.25, 0.3) is 112 Å². The van der Waals surface area contributed by atoms with Gasteiger partial charge in [-0.1, -0.05) is 170 Å². The number of para-hydroxylation sites is 4. The third-order valence-corrected chi connectivity index (χ3v) is 13.9. The van der Waals surface area contributed by atoms with Crippen LogP contribution in [0.2, 0.25) is 0 Å². The van der Waals surface area contributed by atoms with Crippen molar-refractivity contribution in [3.63, 3.8) is 0 Å². The van der Waals surface area contributed by atoms with Gasteiger partial charge in [-0.25, -0.2) is 15.0 Å². The topological polar surface area (TPSA) is 51.8 Å². The number of hydrogen-bond donors (Lipinski definition) is 0. The van der Waals surface area contributed by atoms with Crippen molar-refractivity contribution < 1.29 is 0 Å². The Kier molecular flexibility index (Phi) is 9.42. The van der Waals surface area contributed by atoms with Gasteiger partial charge in [-0.15, -0.1) is 0 Å². The lowest BCUT2D eigenvalue weighted by atomic mass is 9.99. The van der Waals surface area contributed by atoms with Crippen LogP contribution in [0.4, 0.5) is 17.1 Å². The summed E-state index contributed by atoms with van der Waals surface area (Å²) in [7, 11) is 0.